The third-order valence-electron chi connectivity index (χ3n) is 3.68. The summed E-state index contributed by atoms with van der Waals surface area (Å²) >= 11 is 0. The van der Waals surface area contributed by atoms with Gasteiger partial charge in [-0.25, -0.2) is 9.97 Å². The van der Waals surface area contributed by atoms with Crippen molar-refractivity contribution < 1.29 is 9.53 Å². The summed E-state index contributed by atoms with van der Waals surface area (Å²) in [6.45, 7) is 11.5. The van der Waals surface area contributed by atoms with Crippen molar-refractivity contribution in [1.29, 1.82) is 0 Å². The molecule has 2 aromatic rings. The molecular formula is C19H23N5O2. The summed E-state index contributed by atoms with van der Waals surface area (Å²) in [4.78, 5) is 25.4. The molecule has 0 aliphatic rings. The van der Waals surface area contributed by atoms with Crippen LogP contribution in [0, 0.1) is 20.8 Å². The number of pyridine rings is 1. The fourth-order valence-electron chi connectivity index (χ4n) is 2.28. The van der Waals surface area contributed by atoms with Crippen LogP contribution >= 0.6 is 0 Å². The van der Waals surface area contributed by atoms with Crippen LogP contribution in [0.1, 0.15) is 45.8 Å². The van der Waals surface area contributed by atoms with Gasteiger partial charge in [0.15, 0.2) is 11.5 Å². The highest BCUT2D eigenvalue weighted by Crippen LogP contribution is 2.18. The number of rotatable bonds is 6. The van der Waals surface area contributed by atoms with Crippen molar-refractivity contribution in [2.24, 2.45) is 0 Å². The first-order valence-corrected chi connectivity index (χ1v) is 8.16. The maximum absolute atomic E-state index is 12.5. The quantitative estimate of drug-likeness (QED) is 0.774. The van der Waals surface area contributed by atoms with Gasteiger partial charge >= 0.3 is 0 Å². The number of nitrogen functional groups attached to an aromatic ring is 1. The van der Waals surface area contributed by atoms with Gasteiger partial charge in [0.1, 0.15) is 11.5 Å². The number of amides is 1. The van der Waals surface area contributed by atoms with E-state index >= 15 is 0 Å². The molecule has 0 atom stereocenters. The monoisotopic (exact) mass is 353 g/mol. The Labute approximate surface area is 153 Å². The van der Waals surface area contributed by atoms with E-state index in [0.717, 1.165) is 17.0 Å². The number of carbonyl (C=O) groups excluding carboxylic acids is 1. The first-order chi connectivity index (χ1) is 12.3. The predicted octanol–water partition coefficient (Wildman–Crippen LogP) is 2.83. The molecule has 0 aliphatic heterocycles. The number of hydrogen-bond donors (Lipinski definition) is 2. The maximum Gasteiger partial charge on any atom is 0.274 e. The molecule has 7 nitrogen and oxygen atoms in total. The Balaban J connectivity index is 2.17. The van der Waals surface area contributed by atoms with Crippen molar-refractivity contribution >= 4 is 17.5 Å². The first-order valence-electron chi connectivity index (χ1n) is 8.16. The van der Waals surface area contributed by atoms with Crippen LogP contribution in [0.5, 0.6) is 0 Å². The Morgan fingerprint density at radius 3 is 2.65 bits per heavy atom. The molecule has 0 radical (unpaired) electrons. The molecule has 0 bridgehead atoms. The zero-order valence-corrected chi connectivity index (χ0v) is 15.5. The minimum absolute atomic E-state index is 0.0160. The van der Waals surface area contributed by atoms with Gasteiger partial charge in [0.05, 0.1) is 24.2 Å². The zero-order valence-electron chi connectivity index (χ0n) is 15.5. The SMILES string of the molecule is C=C(O/C=C\C)c1nc(N)c(C(=O)NCc2nc(C)ccc2C)nc1C. The Kier molecular flexibility index (Phi) is 6.06. The third kappa shape index (κ3) is 4.44. The van der Waals surface area contributed by atoms with E-state index in [1.54, 1.807) is 13.0 Å². The van der Waals surface area contributed by atoms with E-state index in [1.807, 2.05) is 32.9 Å². The van der Waals surface area contributed by atoms with Gasteiger partial charge in [0, 0.05) is 5.69 Å². The van der Waals surface area contributed by atoms with Crippen molar-refractivity contribution in [1.82, 2.24) is 20.3 Å². The van der Waals surface area contributed by atoms with Gasteiger partial charge < -0.3 is 15.8 Å². The summed E-state index contributed by atoms with van der Waals surface area (Å²) in [6.07, 6.45) is 3.21. The van der Waals surface area contributed by atoms with Crippen LogP contribution in [0.15, 0.2) is 31.0 Å². The molecule has 3 N–H and O–H groups in total. The number of carbonyl (C=O) groups is 1. The predicted molar refractivity (Wildman–Crippen MR) is 101 cm³/mol. The largest absolute Gasteiger partial charge is 0.464 e. The third-order valence-corrected chi connectivity index (χ3v) is 3.68. The topological polar surface area (TPSA) is 103 Å². The van der Waals surface area contributed by atoms with Gasteiger partial charge in [-0.2, -0.15) is 0 Å². The van der Waals surface area contributed by atoms with Crippen LogP contribution in [-0.2, 0) is 11.3 Å². The fourth-order valence-corrected chi connectivity index (χ4v) is 2.28. The Hall–Kier alpha value is -3.22. The van der Waals surface area contributed by atoms with Crippen molar-refractivity contribution in [2.45, 2.75) is 34.2 Å². The Bertz CT molecular complexity index is 874. The van der Waals surface area contributed by atoms with Crippen LogP contribution in [-0.4, -0.2) is 20.9 Å². The normalized spacial score (nSPS) is 10.8. The summed E-state index contributed by atoms with van der Waals surface area (Å²) in [5, 5.41) is 2.79. The molecule has 0 aromatic carbocycles. The lowest BCUT2D eigenvalue weighted by molar-refractivity contribution is 0.0945. The molecule has 2 aromatic heterocycles. The number of allylic oxidation sites excluding steroid dienone is 1. The molecule has 7 heteroatoms. The van der Waals surface area contributed by atoms with E-state index in [2.05, 4.69) is 26.8 Å². The van der Waals surface area contributed by atoms with Gasteiger partial charge in [-0.05, 0) is 39.3 Å². The second-order valence-corrected chi connectivity index (χ2v) is 5.80. The summed E-state index contributed by atoms with van der Waals surface area (Å²) in [7, 11) is 0. The highest BCUT2D eigenvalue weighted by Gasteiger charge is 2.18. The van der Waals surface area contributed by atoms with E-state index in [9.17, 15) is 4.79 Å². The number of nitrogens with zero attached hydrogens (tertiary/aromatic N) is 3. The number of hydrogen-bond acceptors (Lipinski definition) is 6. The van der Waals surface area contributed by atoms with Gasteiger partial charge in [0.25, 0.3) is 5.91 Å². The first kappa shape index (κ1) is 19.1. The van der Waals surface area contributed by atoms with Gasteiger partial charge in [-0.15, -0.1) is 0 Å². The van der Waals surface area contributed by atoms with E-state index in [1.165, 1.54) is 6.26 Å². The second-order valence-electron chi connectivity index (χ2n) is 5.80. The molecular weight excluding hydrogens is 330 g/mol. The minimum atomic E-state index is -0.410. The highest BCUT2D eigenvalue weighted by atomic mass is 16.5. The van der Waals surface area contributed by atoms with Crippen LogP contribution in [0.25, 0.3) is 5.76 Å². The number of anilines is 1. The molecule has 0 spiro atoms. The van der Waals surface area contributed by atoms with Crippen molar-refractivity contribution in [3.63, 3.8) is 0 Å². The van der Waals surface area contributed by atoms with Crippen molar-refractivity contribution in [3.05, 3.63) is 65.1 Å². The van der Waals surface area contributed by atoms with Gasteiger partial charge in [-0.1, -0.05) is 18.7 Å². The molecule has 0 saturated heterocycles. The molecule has 0 saturated carbocycles. The molecule has 26 heavy (non-hydrogen) atoms. The van der Waals surface area contributed by atoms with Crippen LogP contribution in [0.4, 0.5) is 5.82 Å². The van der Waals surface area contributed by atoms with E-state index in [4.69, 9.17) is 10.5 Å². The molecule has 136 valence electrons. The van der Waals surface area contributed by atoms with Crippen molar-refractivity contribution in [2.75, 3.05) is 5.73 Å². The van der Waals surface area contributed by atoms with E-state index in [0.29, 0.717) is 17.1 Å². The van der Waals surface area contributed by atoms with Crippen LogP contribution in [0.2, 0.25) is 0 Å². The number of nitrogens with two attached hydrogens (primary N) is 1. The Morgan fingerprint density at radius 2 is 1.96 bits per heavy atom. The van der Waals surface area contributed by atoms with Crippen LogP contribution < -0.4 is 11.1 Å². The molecule has 0 unspecified atom stereocenters. The molecule has 0 fully saturated rings. The van der Waals surface area contributed by atoms with Gasteiger partial charge in [0.2, 0.25) is 0 Å². The maximum atomic E-state index is 12.5. The summed E-state index contributed by atoms with van der Waals surface area (Å²) < 4.78 is 5.30. The average Bonchev–Trinajstić information content (AvgIpc) is 2.61. The van der Waals surface area contributed by atoms with E-state index < -0.39 is 5.91 Å². The fraction of sp³-hybridized carbons (Fsp3) is 0.263. The second kappa shape index (κ2) is 8.24. The summed E-state index contributed by atoms with van der Waals surface area (Å²) in [5.41, 5.74) is 9.58. The summed E-state index contributed by atoms with van der Waals surface area (Å²) in [5.74, 6) is -0.0825. The lowest BCUT2D eigenvalue weighted by Gasteiger charge is -2.12. The van der Waals surface area contributed by atoms with Gasteiger partial charge in [-0.3, -0.25) is 9.78 Å². The number of nitrogens with one attached hydrogen (secondary N) is 1. The standard InChI is InChI=1S/C19H23N5O2/c1-6-9-26-14(5)16-13(4)23-17(18(20)24-16)19(25)21-10-15-11(2)7-8-12(3)22-15/h6-9H,5,10H2,1-4H3,(H2,20,24)(H,21,25)/b9-6-. The molecule has 1 amide bonds. The number of ether oxygens (including phenoxy) is 1. The number of aromatic nitrogens is 3. The highest BCUT2D eigenvalue weighted by molar-refractivity contribution is 5.96. The lowest BCUT2D eigenvalue weighted by Crippen LogP contribution is -2.27. The smallest absolute Gasteiger partial charge is 0.274 e. The average molecular weight is 353 g/mol. The zero-order chi connectivity index (χ0) is 19.3. The van der Waals surface area contributed by atoms with Crippen molar-refractivity contribution in [3.8, 4) is 0 Å². The molecule has 0 aliphatic carbocycles. The lowest BCUT2D eigenvalue weighted by atomic mass is 10.2. The number of aryl methyl sites for hydroxylation is 3. The summed E-state index contributed by atoms with van der Waals surface area (Å²) in [6, 6.07) is 3.89. The minimum Gasteiger partial charge on any atom is -0.464 e. The van der Waals surface area contributed by atoms with Crippen LogP contribution in [0.3, 0.4) is 0 Å². The van der Waals surface area contributed by atoms with E-state index in [-0.39, 0.29) is 18.1 Å². The molecule has 2 rings (SSSR count). The Morgan fingerprint density at radius 1 is 1.23 bits per heavy atom. The molecule has 2 heterocycles.